The minimum atomic E-state index is -0.415. The molecule has 2 fully saturated rings. The average molecular weight is 491 g/mol. The maximum atomic E-state index is 13.0. The number of ether oxygens (including phenoxy) is 1. The van der Waals surface area contributed by atoms with E-state index in [1.165, 1.54) is 21.7 Å². The molecular formula is C26H30N6O4. The van der Waals surface area contributed by atoms with Crippen LogP contribution in [0.15, 0.2) is 54.9 Å². The Balaban J connectivity index is 1.21. The summed E-state index contributed by atoms with van der Waals surface area (Å²) in [5, 5.41) is 6.14. The van der Waals surface area contributed by atoms with E-state index >= 15 is 0 Å². The molecule has 0 saturated carbocycles. The lowest BCUT2D eigenvalue weighted by Gasteiger charge is -2.34. The van der Waals surface area contributed by atoms with Crippen LogP contribution in [-0.4, -0.2) is 58.2 Å². The van der Waals surface area contributed by atoms with Crippen LogP contribution in [0.2, 0.25) is 0 Å². The number of urea groups is 1. The summed E-state index contributed by atoms with van der Waals surface area (Å²) in [6.07, 6.45) is 4.12. The van der Waals surface area contributed by atoms with Crippen LogP contribution in [0.3, 0.4) is 0 Å². The molecule has 3 N–H and O–H groups in total. The molecule has 36 heavy (non-hydrogen) atoms. The lowest BCUT2D eigenvalue weighted by atomic mass is 9.97. The zero-order chi connectivity index (χ0) is 25.4. The van der Waals surface area contributed by atoms with E-state index in [-0.39, 0.29) is 36.7 Å². The van der Waals surface area contributed by atoms with Gasteiger partial charge in [0.2, 0.25) is 5.91 Å². The summed E-state index contributed by atoms with van der Waals surface area (Å²) >= 11 is 0. The molecule has 3 aliphatic heterocycles. The monoisotopic (exact) mass is 490 g/mol. The van der Waals surface area contributed by atoms with E-state index in [0.717, 1.165) is 6.42 Å². The van der Waals surface area contributed by atoms with Gasteiger partial charge in [0.05, 0.1) is 24.3 Å². The van der Waals surface area contributed by atoms with Crippen LogP contribution in [0.4, 0.5) is 10.5 Å². The topological polar surface area (TPSA) is 106 Å². The SMILES string of the molecule is CCOC(=O)c1ccc(NC(=O)CN2NC3C4CC(c5ccc(C)c(C)c5)NN4C=CN3C2=O)cc1. The Morgan fingerprint density at radius 2 is 1.83 bits per heavy atom. The molecule has 0 radical (unpaired) electrons. The van der Waals surface area contributed by atoms with Gasteiger partial charge in [-0.2, -0.15) is 0 Å². The fourth-order valence-electron chi connectivity index (χ4n) is 4.78. The Bertz CT molecular complexity index is 1210. The van der Waals surface area contributed by atoms with E-state index < -0.39 is 5.97 Å². The van der Waals surface area contributed by atoms with Crippen LogP contribution in [0.25, 0.3) is 0 Å². The van der Waals surface area contributed by atoms with Gasteiger partial charge in [0, 0.05) is 18.1 Å². The van der Waals surface area contributed by atoms with Gasteiger partial charge in [0.25, 0.3) is 0 Å². The van der Waals surface area contributed by atoms with Gasteiger partial charge in [-0.1, -0.05) is 18.2 Å². The van der Waals surface area contributed by atoms with Crippen LogP contribution < -0.4 is 16.2 Å². The average Bonchev–Trinajstić information content (AvgIpc) is 3.43. The second kappa shape index (κ2) is 9.63. The molecule has 0 bridgehead atoms. The smallest absolute Gasteiger partial charge is 0.340 e. The van der Waals surface area contributed by atoms with Crippen molar-refractivity contribution >= 4 is 23.6 Å². The molecule has 0 aromatic heterocycles. The van der Waals surface area contributed by atoms with Crippen LogP contribution in [0, 0.1) is 13.8 Å². The first-order chi connectivity index (χ1) is 17.3. The minimum Gasteiger partial charge on any atom is -0.462 e. The number of benzene rings is 2. The predicted molar refractivity (Wildman–Crippen MR) is 133 cm³/mol. The Morgan fingerprint density at radius 3 is 2.56 bits per heavy atom. The van der Waals surface area contributed by atoms with Crippen molar-refractivity contribution in [2.75, 3.05) is 18.5 Å². The molecule has 188 valence electrons. The number of aryl methyl sites for hydroxylation is 2. The zero-order valence-corrected chi connectivity index (χ0v) is 20.5. The number of carbonyl (C=O) groups is 3. The molecule has 2 saturated heterocycles. The summed E-state index contributed by atoms with van der Waals surface area (Å²) in [6.45, 7) is 6.09. The Morgan fingerprint density at radius 1 is 1.06 bits per heavy atom. The van der Waals surface area contributed by atoms with Crippen molar-refractivity contribution in [2.45, 2.75) is 45.4 Å². The molecule has 3 amide bonds. The van der Waals surface area contributed by atoms with Gasteiger partial charge in [-0.3, -0.25) is 9.69 Å². The van der Waals surface area contributed by atoms with Crippen LogP contribution in [0.1, 0.15) is 46.4 Å². The molecule has 3 heterocycles. The highest BCUT2D eigenvalue weighted by molar-refractivity contribution is 5.95. The summed E-state index contributed by atoms with van der Waals surface area (Å²) in [6, 6.07) is 12.8. The second-order valence-corrected chi connectivity index (χ2v) is 9.23. The van der Waals surface area contributed by atoms with Crippen LogP contribution in [0.5, 0.6) is 0 Å². The number of anilines is 1. The molecule has 3 unspecified atom stereocenters. The number of fused-ring (bicyclic) bond motifs is 3. The second-order valence-electron chi connectivity index (χ2n) is 9.23. The van der Waals surface area contributed by atoms with E-state index in [0.29, 0.717) is 17.9 Å². The third-order valence-electron chi connectivity index (χ3n) is 6.85. The molecule has 2 aromatic rings. The van der Waals surface area contributed by atoms with E-state index in [9.17, 15) is 14.4 Å². The highest BCUT2D eigenvalue weighted by Crippen LogP contribution is 2.35. The molecular weight excluding hydrogens is 460 g/mol. The van der Waals surface area contributed by atoms with Crippen molar-refractivity contribution in [2.24, 2.45) is 0 Å². The lowest BCUT2D eigenvalue weighted by Crippen LogP contribution is -2.54. The molecule has 5 rings (SSSR count). The number of nitrogens with one attached hydrogen (secondary N) is 3. The Kier molecular flexibility index (Phi) is 6.38. The van der Waals surface area contributed by atoms with Crippen molar-refractivity contribution in [3.05, 3.63) is 77.1 Å². The molecule has 0 aliphatic carbocycles. The number of amides is 3. The van der Waals surface area contributed by atoms with Crippen molar-refractivity contribution in [1.82, 2.24) is 25.8 Å². The minimum absolute atomic E-state index is 0.00837. The Hall–Kier alpha value is -3.89. The summed E-state index contributed by atoms with van der Waals surface area (Å²) in [4.78, 5) is 39.1. The van der Waals surface area contributed by atoms with Crippen molar-refractivity contribution in [3.63, 3.8) is 0 Å². The zero-order valence-electron chi connectivity index (χ0n) is 20.5. The Labute approximate surface area is 209 Å². The first kappa shape index (κ1) is 23.8. The standard InChI is InChI=1S/C26H30N6O4/c1-4-36-25(34)18-7-9-20(10-8-18)27-23(33)15-32-26(35)30-11-12-31-22(24(30)29-32)14-21(28-31)19-6-5-16(2)17(3)13-19/h5-13,21-22,24,28-29H,4,14-15H2,1-3H3,(H,27,33). The van der Waals surface area contributed by atoms with Gasteiger partial charge in [-0.25, -0.2) is 25.4 Å². The maximum absolute atomic E-state index is 13.0. The predicted octanol–water partition coefficient (Wildman–Crippen LogP) is 2.79. The molecule has 10 nitrogen and oxygen atoms in total. The lowest BCUT2D eigenvalue weighted by molar-refractivity contribution is -0.117. The van der Waals surface area contributed by atoms with Gasteiger partial charge in [0.15, 0.2) is 0 Å². The normalized spacial score (nSPS) is 22.5. The molecule has 0 spiro atoms. The summed E-state index contributed by atoms with van der Waals surface area (Å²) in [7, 11) is 0. The quantitative estimate of drug-likeness (QED) is 0.535. The molecule has 3 aliphatic rings. The van der Waals surface area contributed by atoms with E-state index in [1.807, 2.05) is 11.2 Å². The van der Waals surface area contributed by atoms with E-state index in [1.54, 1.807) is 42.3 Å². The third-order valence-corrected chi connectivity index (χ3v) is 6.85. The summed E-state index contributed by atoms with van der Waals surface area (Å²) in [5.41, 5.74) is 11.4. The van der Waals surface area contributed by atoms with Crippen LogP contribution >= 0.6 is 0 Å². The molecule has 3 atom stereocenters. The van der Waals surface area contributed by atoms with Crippen molar-refractivity contribution in [3.8, 4) is 0 Å². The fraction of sp³-hybridized carbons (Fsp3) is 0.346. The van der Waals surface area contributed by atoms with Crippen molar-refractivity contribution in [1.29, 1.82) is 0 Å². The van der Waals surface area contributed by atoms with Gasteiger partial charge >= 0.3 is 12.0 Å². The first-order valence-corrected chi connectivity index (χ1v) is 12.1. The van der Waals surface area contributed by atoms with Crippen molar-refractivity contribution < 1.29 is 19.1 Å². The number of esters is 1. The fourth-order valence-corrected chi connectivity index (χ4v) is 4.78. The number of hydrogen-bond acceptors (Lipinski definition) is 7. The summed E-state index contributed by atoms with van der Waals surface area (Å²) in [5.74, 6) is -0.764. The van der Waals surface area contributed by atoms with Gasteiger partial charge in [-0.05, 0) is 68.1 Å². The highest BCUT2D eigenvalue weighted by atomic mass is 16.5. The highest BCUT2D eigenvalue weighted by Gasteiger charge is 2.48. The van der Waals surface area contributed by atoms with Gasteiger partial charge in [0.1, 0.15) is 12.7 Å². The van der Waals surface area contributed by atoms with Crippen LogP contribution in [-0.2, 0) is 9.53 Å². The number of rotatable bonds is 6. The summed E-state index contributed by atoms with van der Waals surface area (Å²) < 4.78 is 4.97. The van der Waals surface area contributed by atoms with E-state index in [2.05, 4.69) is 48.2 Å². The van der Waals surface area contributed by atoms with Gasteiger partial charge in [-0.15, -0.1) is 0 Å². The van der Waals surface area contributed by atoms with Gasteiger partial charge < -0.3 is 15.1 Å². The third kappa shape index (κ3) is 4.52. The maximum Gasteiger partial charge on any atom is 0.340 e. The first-order valence-electron chi connectivity index (χ1n) is 12.1. The number of hydrogen-bond donors (Lipinski definition) is 3. The van der Waals surface area contributed by atoms with E-state index in [4.69, 9.17) is 4.74 Å². The number of hydrazine groups is 2. The number of carbonyl (C=O) groups excluding carboxylic acids is 3. The molecule has 10 heteroatoms. The number of nitrogens with zero attached hydrogens (tertiary/aromatic N) is 3. The largest absolute Gasteiger partial charge is 0.462 e. The molecule has 2 aromatic carbocycles.